The summed E-state index contributed by atoms with van der Waals surface area (Å²) >= 11 is 3.55. The first-order valence-electron chi connectivity index (χ1n) is 6.93. The van der Waals surface area contributed by atoms with Crippen LogP contribution in [0.2, 0.25) is 0 Å². The lowest BCUT2D eigenvalue weighted by molar-refractivity contribution is -0.127. The molecule has 3 rings (SSSR count). The van der Waals surface area contributed by atoms with Gasteiger partial charge in [0.05, 0.1) is 0 Å². The molecule has 3 heteroatoms. The Kier molecular flexibility index (Phi) is 3.93. The minimum absolute atomic E-state index is 0.00972. The molecule has 0 saturated carbocycles. The van der Waals surface area contributed by atoms with E-state index in [4.69, 9.17) is 0 Å². The second-order valence-corrected chi connectivity index (χ2v) is 6.14. The third kappa shape index (κ3) is 2.79. The average Bonchev–Trinajstić information content (AvgIpc) is 2.54. The van der Waals surface area contributed by atoms with Crippen LogP contribution in [0.4, 0.5) is 0 Å². The maximum atomic E-state index is 12.0. The normalized spacial score (nSPS) is 17.2. The fourth-order valence-electron chi connectivity index (χ4n) is 2.89. The Morgan fingerprint density at radius 1 is 1.24 bits per heavy atom. The summed E-state index contributed by atoms with van der Waals surface area (Å²) in [5, 5.41) is 0. The second kappa shape index (κ2) is 5.86. The molecule has 0 aromatic heterocycles. The molecule has 1 aliphatic heterocycles. The van der Waals surface area contributed by atoms with Crippen LogP contribution < -0.4 is 0 Å². The monoisotopic (exact) mass is 341 g/mol. The number of amides is 1. The summed E-state index contributed by atoms with van der Waals surface area (Å²) in [7, 11) is 0. The van der Waals surface area contributed by atoms with Gasteiger partial charge in [0.15, 0.2) is 0 Å². The van der Waals surface area contributed by atoms with Gasteiger partial charge >= 0.3 is 0 Å². The average molecular weight is 342 g/mol. The first-order chi connectivity index (χ1) is 10.2. The lowest BCUT2D eigenvalue weighted by Crippen LogP contribution is -2.37. The van der Waals surface area contributed by atoms with Crippen molar-refractivity contribution in [3.8, 4) is 0 Å². The van der Waals surface area contributed by atoms with E-state index in [0.29, 0.717) is 13.1 Å². The Hall–Kier alpha value is -1.87. The molecule has 1 atom stereocenters. The number of fused-ring (bicyclic) bond motifs is 1. The molecule has 2 nitrogen and oxygen atoms in total. The summed E-state index contributed by atoms with van der Waals surface area (Å²) in [5.74, 6) is 0.195. The molecule has 0 aliphatic carbocycles. The van der Waals surface area contributed by atoms with Crippen molar-refractivity contribution in [3.63, 3.8) is 0 Å². The van der Waals surface area contributed by atoms with Crippen LogP contribution in [0.15, 0.2) is 65.7 Å². The van der Waals surface area contributed by atoms with Gasteiger partial charge in [-0.2, -0.15) is 0 Å². The summed E-state index contributed by atoms with van der Waals surface area (Å²) in [6, 6.07) is 16.6. The van der Waals surface area contributed by atoms with Crippen LogP contribution in [0.3, 0.4) is 0 Å². The third-order valence-electron chi connectivity index (χ3n) is 3.94. The molecule has 2 aromatic rings. The molecule has 21 heavy (non-hydrogen) atoms. The van der Waals surface area contributed by atoms with Crippen molar-refractivity contribution in [1.82, 2.24) is 4.90 Å². The third-order valence-corrected chi connectivity index (χ3v) is 4.43. The Labute approximate surface area is 133 Å². The Morgan fingerprint density at radius 3 is 2.71 bits per heavy atom. The molecular weight excluding hydrogens is 326 g/mol. The smallest absolute Gasteiger partial charge is 0.246 e. The van der Waals surface area contributed by atoms with Crippen molar-refractivity contribution in [2.75, 3.05) is 6.54 Å². The predicted molar refractivity (Wildman–Crippen MR) is 88.0 cm³/mol. The van der Waals surface area contributed by atoms with E-state index in [1.165, 1.54) is 22.8 Å². The summed E-state index contributed by atoms with van der Waals surface area (Å²) in [5.41, 5.74) is 3.73. The molecule has 0 radical (unpaired) electrons. The summed E-state index contributed by atoms with van der Waals surface area (Å²) in [6.07, 6.45) is 1.39. The molecule has 1 amide bonds. The van der Waals surface area contributed by atoms with Crippen molar-refractivity contribution in [2.24, 2.45) is 0 Å². The van der Waals surface area contributed by atoms with E-state index >= 15 is 0 Å². The van der Waals surface area contributed by atoms with Gasteiger partial charge in [0.1, 0.15) is 0 Å². The van der Waals surface area contributed by atoms with Crippen LogP contribution in [0.1, 0.15) is 22.6 Å². The second-order valence-electron chi connectivity index (χ2n) is 5.23. The fraction of sp³-hybridized carbons (Fsp3) is 0.167. The van der Waals surface area contributed by atoms with Gasteiger partial charge in [-0.1, -0.05) is 58.9 Å². The minimum Gasteiger partial charge on any atom is -0.334 e. The maximum absolute atomic E-state index is 12.0. The number of hydrogen-bond acceptors (Lipinski definition) is 1. The van der Waals surface area contributed by atoms with Gasteiger partial charge in [0.2, 0.25) is 5.91 Å². The van der Waals surface area contributed by atoms with Gasteiger partial charge in [-0.25, -0.2) is 0 Å². The van der Waals surface area contributed by atoms with E-state index in [1.807, 2.05) is 29.2 Å². The van der Waals surface area contributed by atoms with Crippen LogP contribution in [-0.4, -0.2) is 17.4 Å². The zero-order valence-electron chi connectivity index (χ0n) is 11.6. The number of benzene rings is 2. The summed E-state index contributed by atoms with van der Waals surface area (Å²) in [4.78, 5) is 13.9. The van der Waals surface area contributed by atoms with E-state index < -0.39 is 0 Å². The van der Waals surface area contributed by atoms with Crippen molar-refractivity contribution >= 4 is 21.8 Å². The number of carbonyl (C=O) groups excluding carboxylic acids is 1. The van der Waals surface area contributed by atoms with E-state index in [0.717, 1.165) is 4.47 Å². The molecule has 0 unspecified atom stereocenters. The minimum atomic E-state index is -0.00972. The highest BCUT2D eigenvalue weighted by molar-refractivity contribution is 9.10. The molecule has 0 N–H and O–H groups in total. The molecule has 0 fully saturated rings. The molecule has 106 valence electrons. The zero-order chi connectivity index (χ0) is 14.8. The molecule has 2 aromatic carbocycles. The molecule has 1 heterocycles. The van der Waals surface area contributed by atoms with Gasteiger partial charge in [-0.15, -0.1) is 0 Å². The SMILES string of the molecule is C=CC(=O)N1Cc2ccc(Br)cc2[C@H](c2ccccc2)C1. The highest BCUT2D eigenvalue weighted by atomic mass is 79.9. The highest BCUT2D eigenvalue weighted by Crippen LogP contribution is 2.35. The van der Waals surface area contributed by atoms with Crippen LogP contribution in [0.25, 0.3) is 0 Å². The topological polar surface area (TPSA) is 20.3 Å². The van der Waals surface area contributed by atoms with E-state index in [9.17, 15) is 4.79 Å². The van der Waals surface area contributed by atoms with Gasteiger partial charge in [-0.05, 0) is 34.9 Å². The van der Waals surface area contributed by atoms with E-state index in [1.54, 1.807) is 0 Å². The molecule has 1 aliphatic rings. The quantitative estimate of drug-likeness (QED) is 0.752. The van der Waals surface area contributed by atoms with Gasteiger partial charge in [0.25, 0.3) is 0 Å². The molecule has 0 bridgehead atoms. The number of hydrogen-bond donors (Lipinski definition) is 0. The maximum Gasteiger partial charge on any atom is 0.246 e. The number of carbonyl (C=O) groups is 1. The Balaban J connectivity index is 2.07. The number of rotatable bonds is 2. The van der Waals surface area contributed by atoms with Crippen molar-refractivity contribution in [1.29, 1.82) is 0 Å². The van der Waals surface area contributed by atoms with Crippen molar-refractivity contribution < 1.29 is 4.79 Å². The van der Waals surface area contributed by atoms with Gasteiger partial charge in [0, 0.05) is 23.5 Å². The first kappa shape index (κ1) is 14.1. The first-order valence-corrected chi connectivity index (χ1v) is 7.73. The molecule has 0 spiro atoms. The lowest BCUT2D eigenvalue weighted by Gasteiger charge is -2.34. The largest absolute Gasteiger partial charge is 0.334 e. The predicted octanol–water partition coefficient (Wildman–Crippen LogP) is 4.11. The molecular formula is C18H16BrNO. The fourth-order valence-corrected chi connectivity index (χ4v) is 3.27. The van der Waals surface area contributed by atoms with Crippen molar-refractivity contribution in [3.05, 3.63) is 82.3 Å². The Bertz CT molecular complexity index is 681. The van der Waals surface area contributed by atoms with E-state index in [2.05, 4.69) is 46.8 Å². The van der Waals surface area contributed by atoms with E-state index in [-0.39, 0.29) is 11.8 Å². The summed E-state index contributed by atoms with van der Waals surface area (Å²) in [6.45, 7) is 4.95. The highest BCUT2D eigenvalue weighted by Gasteiger charge is 2.28. The summed E-state index contributed by atoms with van der Waals surface area (Å²) < 4.78 is 1.07. The van der Waals surface area contributed by atoms with Crippen LogP contribution in [-0.2, 0) is 11.3 Å². The van der Waals surface area contributed by atoms with Gasteiger partial charge in [-0.3, -0.25) is 4.79 Å². The standard InChI is InChI=1S/C18H16BrNO/c1-2-18(21)20-11-14-8-9-15(19)10-16(14)17(12-20)13-6-4-3-5-7-13/h2-10,17H,1,11-12H2/t17-/m0/s1. The van der Waals surface area contributed by atoms with Crippen molar-refractivity contribution in [2.45, 2.75) is 12.5 Å². The van der Waals surface area contributed by atoms with Crippen LogP contribution >= 0.6 is 15.9 Å². The number of halogens is 1. The zero-order valence-corrected chi connectivity index (χ0v) is 13.2. The molecule has 0 saturated heterocycles. The van der Waals surface area contributed by atoms with Gasteiger partial charge < -0.3 is 4.90 Å². The van der Waals surface area contributed by atoms with Crippen LogP contribution in [0.5, 0.6) is 0 Å². The van der Waals surface area contributed by atoms with Crippen LogP contribution in [0, 0.1) is 0 Å². The number of nitrogens with zero attached hydrogens (tertiary/aromatic N) is 1. The Morgan fingerprint density at radius 2 is 2.00 bits per heavy atom. The lowest BCUT2D eigenvalue weighted by atomic mass is 9.84.